The van der Waals surface area contributed by atoms with Gasteiger partial charge in [-0.2, -0.15) is 0 Å². The van der Waals surface area contributed by atoms with E-state index in [0.717, 1.165) is 15.7 Å². The normalized spacial score (nSPS) is 11.7. The second-order valence-corrected chi connectivity index (χ2v) is 7.10. The Hall–Kier alpha value is -0.150. The zero-order chi connectivity index (χ0) is 15.1. The molecule has 0 aliphatic heterocycles. The van der Waals surface area contributed by atoms with Crippen LogP contribution in [0.15, 0.2) is 10.8 Å². The van der Waals surface area contributed by atoms with Crippen molar-refractivity contribution in [1.29, 1.82) is 0 Å². The molecule has 0 spiro atoms. The first-order valence-electron chi connectivity index (χ1n) is 5.65. The summed E-state index contributed by atoms with van der Waals surface area (Å²) in [5, 5.41) is 15.7. The van der Waals surface area contributed by atoms with Crippen LogP contribution >= 0.6 is 54.5 Å². The third-order valence-electron chi connectivity index (χ3n) is 2.15. The number of ketones is 1. The number of rotatable bonds is 4. The van der Waals surface area contributed by atoms with Gasteiger partial charge in [0.05, 0.1) is 21.0 Å². The van der Waals surface area contributed by atoms with Crippen molar-refractivity contribution in [3.05, 3.63) is 32.2 Å². The van der Waals surface area contributed by atoms with Gasteiger partial charge in [0, 0.05) is 16.1 Å². The summed E-state index contributed by atoms with van der Waals surface area (Å²) in [6.07, 6.45) is -0.454. The van der Waals surface area contributed by atoms with Crippen LogP contribution in [0.5, 0.6) is 0 Å². The van der Waals surface area contributed by atoms with E-state index in [1.54, 1.807) is 16.7 Å². The highest BCUT2D eigenvalue weighted by Crippen LogP contribution is 2.17. The topological polar surface area (TPSA) is 63.1 Å². The Balaban J connectivity index is 0.000000200. The molecule has 8 heteroatoms. The van der Waals surface area contributed by atoms with Crippen molar-refractivity contribution in [3.8, 4) is 0 Å². The number of thiazole rings is 2. The number of aliphatic hydroxyl groups is 1. The van der Waals surface area contributed by atoms with E-state index < -0.39 is 6.10 Å². The monoisotopic (exact) mass is 440 g/mol. The highest BCUT2D eigenvalue weighted by Gasteiger charge is 2.07. The zero-order valence-electron chi connectivity index (χ0n) is 11.0. The largest absolute Gasteiger partial charge is 0.386 e. The Kier molecular flexibility index (Phi) is 8.04. The van der Waals surface area contributed by atoms with Crippen molar-refractivity contribution < 1.29 is 9.90 Å². The molecule has 0 aromatic carbocycles. The molecule has 1 atom stereocenters. The fourth-order valence-electron chi connectivity index (χ4n) is 1.17. The van der Waals surface area contributed by atoms with Gasteiger partial charge in [0.15, 0.2) is 5.78 Å². The lowest BCUT2D eigenvalue weighted by molar-refractivity contribution is 0.101. The minimum Gasteiger partial charge on any atom is -0.386 e. The number of carbonyl (C=O) groups is 1. The van der Waals surface area contributed by atoms with Crippen LogP contribution in [0.1, 0.15) is 32.3 Å². The first-order valence-corrected chi connectivity index (χ1v) is 9.65. The lowest BCUT2D eigenvalue weighted by Crippen LogP contribution is -1.99. The van der Waals surface area contributed by atoms with Crippen LogP contribution in [0.2, 0.25) is 0 Å². The number of aryl methyl sites for hydroxylation is 2. The van der Waals surface area contributed by atoms with Crippen molar-refractivity contribution in [2.45, 2.75) is 20.0 Å². The number of Topliss-reactive ketones (excluding diaryl/α,β-unsaturated/α-hetero) is 1. The molecule has 2 aromatic heterocycles. The fourth-order valence-corrected chi connectivity index (χ4v) is 3.07. The fraction of sp³-hybridized carbons (Fsp3) is 0.417. The predicted molar refractivity (Wildman–Crippen MR) is 90.6 cm³/mol. The van der Waals surface area contributed by atoms with Crippen LogP contribution < -0.4 is 0 Å². The van der Waals surface area contributed by atoms with Gasteiger partial charge in [-0.05, 0) is 13.8 Å². The van der Waals surface area contributed by atoms with E-state index in [0.29, 0.717) is 16.4 Å². The van der Waals surface area contributed by atoms with Crippen molar-refractivity contribution in [2.24, 2.45) is 0 Å². The van der Waals surface area contributed by atoms with E-state index in [1.807, 2.05) is 19.2 Å². The summed E-state index contributed by atoms with van der Waals surface area (Å²) in [6, 6.07) is 0. The quantitative estimate of drug-likeness (QED) is 0.577. The Morgan fingerprint density at radius 2 is 1.85 bits per heavy atom. The molecule has 1 N–H and O–H groups in total. The molecule has 0 bridgehead atoms. The van der Waals surface area contributed by atoms with E-state index in [2.05, 4.69) is 41.8 Å². The van der Waals surface area contributed by atoms with Gasteiger partial charge in [0.2, 0.25) is 0 Å². The summed E-state index contributed by atoms with van der Waals surface area (Å²) in [4.78, 5) is 19.1. The molecule has 0 amide bonds. The Bertz CT molecular complexity index is 557. The minimum absolute atomic E-state index is 0.0457. The van der Waals surface area contributed by atoms with Gasteiger partial charge in [-0.25, -0.2) is 9.97 Å². The van der Waals surface area contributed by atoms with E-state index in [4.69, 9.17) is 0 Å². The summed E-state index contributed by atoms with van der Waals surface area (Å²) in [6.45, 7) is 3.81. The van der Waals surface area contributed by atoms with Crippen LogP contribution in [0, 0.1) is 13.8 Å². The van der Waals surface area contributed by atoms with Gasteiger partial charge in [0.1, 0.15) is 11.8 Å². The standard InChI is InChI=1S/C6H8BrNOS.C6H6BrNOS/c2*1-4-8-5(3-10-4)6(9)2-7/h3,6,9H,2H2,1H3;3H,2H2,1H3/t6-;/m0./s1. The number of aliphatic hydroxyl groups excluding tert-OH is 1. The third kappa shape index (κ3) is 5.69. The molecule has 0 aliphatic rings. The summed E-state index contributed by atoms with van der Waals surface area (Å²) >= 11 is 9.30. The smallest absolute Gasteiger partial charge is 0.192 e. The van der Waals surface area contributed by atoms with Gasteiger partial charge >= 0.3 is 0 Å². The minimum atomic E-state index is -0.454. The number of carbonyl (C=O) groups excluding carboxylic acids is 1. The Morgan fingerprint density at radius 3 is 2.25 bits per heavy atom. The highest BCUT2D eigenvalue weighted by atomic mass is 79.9. The van der Waals surface area contributed by atoms with Crippen LogP contribution in [0.25, 0.3) is 0 Å². The molecule has 2 heterocycles. The van der Waals surface area contributed by atoms with E-state index >= 15 is 0 Å². The number of hydrogen-bond donors (Lipinski definition) is 1. The van der Waals surface area contributed by atoms with Gasteiger partial charge in [0.25, 0.3) is 0 Å². The molecular formula is C12H14Br2N2O2S2. The number of aromatic nitrogens is 2. The van der Waals surface area contributed by atoms with Crippen molar-refractivity contribution in [3.63, 3.8) is 0 Å². The molecule has 2 rings (SSSR count). The van der Waals surface area contributed by atoms with Crippen LogP contribution in [0.3, 0.4) is 0 Å². The van der Waals surface area contributed by atoms with Gasteiger partial charge in [-0.15, -0.1) is 22.7 Å². The average molecular weight is 442 g/mol. The van der Waals surface area contributed by atoms with Gasteiger partial charge in [-0.1, -0.05) is 31.9 Å². The van der Waals surface area contributed by atoms with Gasteiger partial charge in [-0.3, -0.25) is 4.79 Å². The summed E-state index contributed by atoms with van der Waals surface area (Å²) < 4.78 is 0. The lowest BCUT2D eigenvalue weighted by Gasteiger charge is -1.99. The summed E-state index contributed by atoms with van der Waals surface area (Å²) in [5.41, 5.74) is 1.33. The number of hydrogen-bond acceptors (Lipinski definition) is 6. The third-order valence-corrected chi connectivity index (χ3v) is 4.84. The number of alkyl halides is 2. The summed E-state index contributed by atoms with van der Waals surface area (Å²) in [5.74, 6) is 0.0457. The van der Waals surface area contributed by atoms with Crippen molar-refractivity contribution in [2.75, 3.05) is 10.7 Å². The molecule has 2 aromatic rings. The Labute approximate surface area is 142 Å². The van der Waals surface area contributed by atoms with Gasteiger partial charge < -0.3 is 5.11 Å². The maximum atomic E-state index is 10.9. The number of nitrogens with zero attached hydrogens (tertiary/aromatic N) is 2. The van der Waals surface area contributed by atoms with Crippen LogP contribution in [0.4, 0.5) is 0 Å². The zero-order valence-corrected chi connectivity index (χ0v) is 15.8. The van der Waals surface area contributed by atoms with E-state index in [9.17, 15) is 9.90 Å². The number of halogens is 2. The molecule has 0 aliphatic carbocycles. The maximum absolute atomic E-state index is 10.9. The van der Waals surface area contributed by atoms with E-state index in [1.165, 1.54) is 11.3 Å². The second kappa shape index (κ2) is 8.99. The second-order valence-electron chi connectivity index (χ2n) is 3.77. The SMILES string of the molecule is Cc1nc(C(=O)CBr)cs1.Cc1nc([C@@H](O)CBr)cs1. The molecule has 0 fully saturated rings. The Morgan fingerprint density at radius 1 is 1.25 bits per heavy atom. The van der Waals surface area contributed by atoms with Crippen LogP contribution in [-0.4, -0.2) is 31.5 Å². The molecule has 0 saturated heterocycles. The highest BCUT2D eigenvalue weighted by molar-refractivity contribution is 9.09. The first-order chi connectivity index (χ1) is 9.47. The van der Waals surface area contributed by atoms with Crippen molar-refractivity contribution in [1.82, 2.24) is 9.97 Å². The molecule has 0 unspecified atom stereocenters. The van der Waals surface area contributed by atoms with Crippen molar-refractivity contribution >= 4 is 60.3 Å². The molecule has 4 nitrogen and oxygen atoms in total. The molecule has 110 valence electrons. The molecule has 0 radical (unpaired) electrons. The lowest BCUT2D eigenvalue weighted by atomic mass is 10.3. The molecule has 0 saturated carbocycles. The van der Waals surface area contributed by atoms with E-state index in [-0.39, 0.29) is 5.78 Å². The first kappa shape index (κ1) is 17.9. The molecular weight excluding hydrogens is 428 g/mol. The molecule has 20 heavy (non-hydrogen) atoms. The maximum Gasteiger partial charge on any atom is 0.192 e. The summed E-state index contributed by atoms with van der Waals surface area (Å²) in [7, 11) is 0. The average Bonchev–Trinajstić information content (AvgIpc) is 3.06. The predicted octanol–water partition coefficient (Wildman–Crippen LogP) is 3.91. The van der Waals surface area contributed by atoms with Crippen LogP contribution in [-0.2, 0) is 0 Å².